The van der Waals surface area contributed by atoms with Gasteiger partial charge < -0.3 is 15.4 Å². The molecule has 0 radical (unpaired) electrons. The molecular weight excluding hydrogens is 210 g/mol. The Bertz CT molecular complexity index is 482. The van der Waals surface area contributed by atoms with Gasteiger partial charge in [-0.3, -0.25) is 9.55 Å². The first-order chi connectivity index (χ1) is 7.75. The standard InChI is InChI=1S/C9H9N5O2/c15-14(16)9-5-13(7-12-9)6-11-8-1-3-10-4-2-8/h1-5,7H,6H2,(H,10,11). The quantitative estimate of drug-likeness (QED) is 0.617. The average Bonchev–Trinajstić information content (AvgIpc) is 2.76. The number of hydrogen-bond donors (Lipinski definition) is 1. The summed E-state index contributed by atoms with van der Waals surface area (Å²) in [6, 6.07) is 3.62. The second-order valence-electron chi connectivity index (χ2n) is 3.07. The van der Waals surface area contributed by atoms with Crippen molar-refractivity contribution in [3.05, 3.63) is 47.2 Å². The molecule has 0 bridgehead atoms. The Labute approximate surface area is 90.9 Å². The lowest BCUT2D eigenvalue weighted by Gasteiger charge is -2.04. The van der Waals surface area contributed by atoms with Gasteiger partial charge in [-0.05, 0) is 22.0 Å². The van der Waals surface area contributed by atoms with Gasteiger partial charge in [0.15, 0.2) is 0 Å². The van der Waals surface area contributed by atoms with Crippen LogP contribution in [0.25, 0.3) is 0 Å². The summed E-state index contributed by atoms with van der Waals surface area (Å²) in [5, 5.41) is 13.5. The second-order valence-corrected chi connectivity index (χ2v) is 3.07. The van der Waals surface area contributed by atoms with Crippen LogP contribution >= 0.6 is 0 Å². The molecule has 7 heteroatoms. The van der Waals surface area contributed by atoms with Gasteiger partial charge in [-0.25, -0.2) is 0 Å². The van der Waals surface area contributed by atoms with Crippen LogP contribution in [0.15, 0.2) is 37.1 Å². The molecule has 0 atom stereocenters. The molecule has 2 heterocycles. The van der Waals surface area contributed by atoms with E-state index in [1.165, 1.54) is 12.5 Å². The van der Waals surface area contributed by atoms with Crippen molar-refractivity contribution in [2.75, 3.05) is 5.32 Å². The van der Waals surface area contributed by atoms with Crippen molar-refractivity contribution in [3.8, 4) is 0 Å². The zero-order valence-electron chi connectivity index (χ0n) is 8.28. The van der Waals surface area contributed by atoms with Crippen molar-refractivity contribution in [2.24, 2.45) is 0 Å². The summed E-state index contributed by atoms with van der Waals surface area (Å²) < 4.78 is 1.60. The summed E-state index contributed by atoms with van der Waals surface area (Å²) in [4.78, 5) is 17.4. The number of rotatable bonds is 4. The first-order valence-electron chi connectivity index (χ1n) is 4.56. The first-order valence-corrected chi connectivity index (χ1v) is 4.56. The molecule has 0 amide bonds. The molecule has 0 saturated carbocycles. The predicted octanol–water partition coefficient (Wildman–Crippen LogP) is 1.26. The summed E-state index contributed by atoms with van der Waals surface area (Å²) in [5.74, 6) is -0.156. The van der Waals surface area contributed by atoms with Gasteiger partial charge in [-0.15, -0.1) is 0 Å². The molecule has 7 nitrogen and oxygen atoms in total. The molecule has 0 saturated heterocycles. The van der Waals surface area contributed by atoms with Crippen LogP contribution in [0.2, 0.25) is 0 Å². The Kier molecular flexibility index (Phi) is 2.77. The zero-order valence-corrected chi connectivity index (χ0v) is 8.28. The van der Waals surface area contributed by atoms with Crippen LogP contribution in [0.3, 0.4) is 0 Å². The fraction of sp³-hybridized carbons (Fsp3) is 0.111. The van der Waals surface area contributed by atoms with E-state index in [1.54, 1.807) is 17.0 Å². The van der Waals surface area contributed by atoms with Gasteiger partial charge >= 0.3 is 5.82 Å². The SMILES string of the molecule is O=[N+]([O-])c1cn(CNc2ccncc2)cn1. The summed E-state index contributed by atoms with van der Waals surface area (Å²) in [6.45, 7) is 0.421. The topological polar surface area (TPSA) is 85.9 Å². The summed E-state index contributed by atoms with van der Waals surface area (Å²) in [7, 11) is 0. The Hall–Kier alpha value is -2.44. The highest BCUT2D eigenvalue weighted by atomic mass is 16.6. The molecule has 0 spiro atoms. The normalized spacial score (nSPS) is 10.0. The van der Waals surface area contributed by atoms with Gasteiger partial charge in [0.1, 0.15) is 6.20 Å². The lowest BCUT2D eigenvalue weighted by molar-refractivity contribution is -0.389. The average molecular weight is 219 g/mol. The van der Waals surface area contributed by atoms with E-state index in [4.69, 9.17) is 0 Å². The van der Waals surface area contributed by atoms with E-state index in [0.29, 0.717) is 6.67 Å². The molecule has 82 valence electrons. The summed E-state index contributed by atoms with van der Waals surface area (Å²) in [5.41, 5.74) is 0.895. The Morgan fingerprint density at radius 3 is 2.81 bits per heavy atom. The Morgan fingerprint density at radius 2 is 2.19 bits per heavy atom. The number of hydrogen-bond acceptors (Lipinski definition) is 5. The first kappa shape index (κ1) is 10.1. The van der Waals surface area contributed by atoms with Gasteiger partial charge in [-0.1, -0.05) is 0 Å². The van der Waals surface area contributed by atoms with Crippen molar-refractivity contribution in [3.63, 3.8) is 0 Å². The van der Waals surface area contributed by atoms with Crippen molar-refractivity contribution in [1.29, 1.82) is 0 Å². The Balaban J connectivity index is 1.97. The predicted molar refractivity (Wildman–Crippen MR) is 56.7 cm³/mol. The van der Waals surface area contributed by atoms with Crippen LogP contribution in [0, 0.1) is 10.1 Å². The monoisotopic (exact) mass is 219 g/mol. The van der Waals surface area contributed by atoms with Crippen LogP contribution in [-0.4, -0.2) is 19.5 Å². The molecule has 1 N–H and O–H groups in total. The van der Waals surface area contributed by atoms with Gasteiger partial charge in [0.25, 0.3) is 0 Å². The minimum absolute atomic E-state index is 0.156. The highest BCUT2D eigenvalue weighted by molar-refractivity contribution is 5.39. The third-order valence-corrected chi connectivity index (χ3v) is 1.95. The number of nitrogens with one attached hydrogen (secondary N) is 1. The second kappa shape index (κ2) is 4.39. The number of anilines is 1. The van der Waals surface area contributed by atoms with E-state index in [0.717, 1.165) is 5.69 Å². The molecule has 2 aromatic rings. The van der Waals surface area contributed by atoms with Crippen LogP contribution < -0.4 is 5.32 Å². The number of pyridine rings is 1. The van der Waals surface area contributed by atoms with Gasteiger partial charge in [0.2, 0.25) is 6.33 Å². The van der Waals surface area contributed by atoms with Crippen molar-refractivity contribution in [2.45, 2.75) is 6.67 Å². The molecular formula is C9H9N5O2. The van der Waals surface area contributed by atoms with E-state index >= 15 is 0 Å². The van der Waals surface area contributed by atoms with Crippen molar-refractivity contribution < 1.29 is 4.92 Å². The zero-order chi connectivity index (χ0) is 11.4. The Morgan fingerprint density at radius 1 is 1.44 bits per heavy atom. The third kappa shape index (κ3) is 2.32. The minimum Gasteiger partial charge on any atom is -0.367 e. The van der Waals surface area contributed by atoms with Gasteiger partial charge in [-0.2, -0.15) is 0 Å². The summed E-state index contributed by atoms with van der Waals surface area (Å²) >= 11 is 0. The van der Waals surface area contributed by atoms with Crippen LogP contribution in [0.4, 0.5) is 11.5 Å². The largest absolute Gasteiger partial charge is 0.381 e. The van der Waals surface area contributed by atoms with Crippen molar-refractivity contribution >= 4 is 11.5 Å². The lowest BCUT2D eigenvalue weighted by Crippen LogP contribution is -2.05. The van der Waals surface area contributed by atoms with Crippen molar-refractivity contribution in [1.82, 2.24) is 14.5 Å². The highest BCUT2D eigenvalue weighted by Gasteiger charge is 2.08. The number of nitro groups is 1. The van der Waals surface area contributed by atoms with Gasteiger partial charge in [0.05, 0.1) is 6.67 Å². The maximum Gasteiger partial charge on any atom is 0.381 e. The molecule has 0 aliphatic heterocycles. The highest BCUT2D eigenvalue weighted by Crippen LogP contribution is 2.07. The molecule has 0 unspecified atom stereocenters. The number of nitrogens with zero attached hydrogens (tertiary/aromatic N) is 4. The van der Waals surface area contributed by atoms with E-state index in [2.05, 4.69) is 15.3 Å². The van der Waals surface area contributed by atoms with E-state index in [1.807, 2.05) is 12.1 Å². The fourth-order valence-electron chi connectivity index (χ4n) is 1.18. The molecule has 2 rings (SSSR count). The van der Waals surface area contributed by atoms with Gasteiger partial charge in [0, 0.05) is 18.1 Å². The molecule has 16 heavy (non-hydrogen) atoms. The lowest BCUT2D eigenvalue weighted by atomic mass is 10.4. The molecule has 0 fully saturated rings. The summed E-state index contributed by atoms with van der Waals surface area (Å²) in [6.07, 6.45) is 6.11. The maximum atomic E-state index is 10.4. The minimum atomic E-state index is -0.525. The molecule has 0 aliphatic rings. The molecule has 2 aromatic heterocycles. The number of imidazole rings is 1. The third-order valence-electron chi connectivity index (χ3n) is 1.95. The van der Waals surface area contributed by atoms with Crippen LogP contribution in [0.1, 0.15) is 0 Å². The maximum absolute atomic E-state index is 10.4. The smallest absolute Gasteiger partial charge is 0.367 e. The van der Waals surface area contributed by atoms with Crippen LogP contribution in [-0.2, 0) is 6.67 Å². The number of aromatic nitrogens is 3. The molecule has 0 aromatic carbocycles. The molecule has 0 aliphatic carbocycles. The van der Waals surface area contributed by atoms with E-state index in [9.17, 15) is 10.1 Å². The van der Waals surface area contributed by atoms with Crippen LogP contribution in [0.5, 0.6) is 0 Å². The van der Waals surface area contributed by atoms with E-state index in [-0.39, 0.29) is 5.82 Å². The fourth-order valence-corrected chi connectivity index (χ4v) is 1.18. The van der Waals surface area contributed by atoms with E-state index < -0.39 is 4.92 Å².